The van der Waals surface area contributed by atoms with E-state index in [0.29, 0.717) is 38.7 Å². The van der Waals surface area contributed by atoms with Gasteiger partial charge in [-0.05, 0) is 62.2 Å². The zero-order valence-corrected chi connectivity index (χ0v) is 27.2. The summed E-state index contributed by atoms with van der Waals surface area (Å²) in [6, 6.07) is 17.3. The molecule has 2 amide bonds. The second-order valence-electron chi connectivity index (χ2n) is 9.60. The largest absolute Gasteiger partial charge is 0.354 e. The van der Waals surface area contributed by atoms with Crippen molar-refractivity contribution in [2.24, 2.45) is 0 Å². The van der Waals surface area contributed by atoms with Crippen molar-refractivity contribution in [2.45, 2.75) is 57.5 Å². The van der Waals surface area contributed by atoms with Gasteiger partial charge in [-0.1, -0.05) is 89.2 Å². The van der Waals surface area contributed by atoms with E-state index in [-0.39, 0.29) is 17.3 Å². The SMILES string of the molecule is CCCCNC(=O)[C@H](CC)N(Cc1c(Cl)cccc1Cl)C(=O)CN(c1cccc(Br)c1)S(=O)(=O)c1ccc(C)cc1. The van der Waals surface area contributed by atoms with Gasteiger partial charge in [0.05, 0.1) is 10.6 Å². The molecule has 220 valence electrons. The maximum absolute atomic E-state index is 14.1. The minimum Gasteiger partial charge on any atom is -0.354 e. The summed E-state index contributed by atoms with van der Waals surface area (Å²) in [6.07, 6.45) is 1.98. The summed E-state index contributed by atoms with van der Waals surface area (Å²) in [5, 5.41) is 3.58. The topological polar surface area (TPSA) is 86.8 Å². The molecule has 0 bridgehead atoms. The predicted molar refractivity (Wildman–Crippen MR) is 169 cm³/mol. The van der Waals surface area contributed by atoms with E-state index in [2.05, 4.69) is 21.2 Å². The number of anilines is 1. The molecule has 41 heavy (non-hydrogen) atoms. The summed E-state index contributed by atoms with van der Waals surface area (Å²) in [5.74, 6) is -0.901. The number of unbranched alkanes of at least 4 members (excludes halogenated alkanes) is 1. The number of hydrogen-bond donors (Lipinski definition) is 1. The van der Waals surface area contributed by atoms with Crippen molar-refractivity contribution < 1.29 is 18.0 Å². The molecule has 0 saturated carbocycles. The maximum Gasteiger partial charge on any atom is 0.264 e. The van der Waals surface area contributed by atoms with E-state index in [0.717, 1.165) is 22.7 Å². The first kappa shape index (κ1) is 32.9. The quantitative estimate of drug-likeness (QED) is 0.197. The second kappa shape index (κ2) is 15.0. The van der Waals surface area contributed by atoms with Crippen molar-refractivity contribution in [3.63, 3.8) is 0 Å². The lowest BCUT2D eigenvalue weighted by atomic mass is 10.1. The van der Waals surface area contributed by atoms with Crippen LogP contribution in [0.1, 0.15) is 44.2 Å². The number of carbonyl (C=O) groups excluding carboxylic acids is 2. The molecule has 0 saturated heterocycles. The van der Waals surface area contributed by atoms with E-state index < -0.39 is 28.5 Å². The van der Waals surface area contributed by atoms with Crippen LogP contribution in [0.15, 0.2) is 76.1 Å². The molecule has 0 radical (unpaired) electrons. The predicted octanol–water partition coefficient (Wildman–Crippen LogP) is 6.98. The van der Waals surface area contributed by atoms with E-state index in [1.54, 1.807) is 61.5 Å². The van der Waals surface area contributed by atoms with Crippen molar-refractivity contribution >= 4 is 66.7 Å². The zero-order valence-electron chi connectivity index (χ0n) is 23.2. The van der Waals surface area contributed by atoms with Crippen LogP contribution in [-0.4, -0.2) is 44.3 Å². The van der Waals surface area contributed by atoms with Crippen LogP contribution in [0.2, 0.25) is 10.0 Å². The maximum atomic E-state index is 14.1. The first-order valence-electron chi connectivity index (χ1n) is 13.3. The molecule has 3 aromatic rings. The number of halogens is 3. The summed E-state index contributed by atoms with van der Waals surface area (Å²) in [4.78, 5) is 28.9. The highest BCUT2D eigenvalue weighted by molar-refractivity contribution is 9.10. The van der Waals surface area contributed by atoms with Crippen molar-refractivity contribution in [3.8, 4) is 0 Å². The Labute approximate surface area is 261 Å². The highest BCUT2D eigenvalue weighted by Gasteiger charge is 2.34. The van der Waals surface area contributed by atoms with E-state index in [9.17, 15) is 18.0 Å². The minimum atomic E-state index is -4.16. The lowest BCUT2D eigenvalue weighted by molar-refractivity contribution is -0.140. The molecule has 0 aliphatic carbocycles. The van der Waals surface area contributed by atoms with Crippen molar-refractivity contribution in [1.29, 1.82) is 0 Å². The van der Waals surface area contributed by atoms with Crippen LogP contribution in [0.4, 0.5) is 5.69 Å². The number of carbonyl (C=O) groups is 2. The fraction of sp³-hybridized carbons (Fsp3) is 0.333. The third-order valence-electron chi connectivity index (χ3n) is 6.59. The molecule has 0 unspecified atom stereocenters. The van der Waals surface area contributed by atoms with Crippen LogP contribution >= 0.6 is 39.1 Å². The molecule has 7 nitrogen and oxygen atoms in total. The Hall–Kier alpha value is -2.59. The number of nitrogens with one attached hydrogen (secondary N) is 1. The Morgan fingerprint density at radius 1 is 0.976 bits per heavy atom. The molecule has 11 heteroatoms. The zero-order chi connectivity index (χ0) is 30.2. The number of rotatable bonds is 13. The van der Waals surface area contributed by atoms with Gasteiger partial charge < -0.3 is 10.2 Å². The Balaban J connectivity index is 2.08. The summed E-state index contributed by atoms with van der Waals surface area (Å²) in [5.41, 5.74) is 1.67. The van der Waals surface area contributed by atoms with Gasteiger partial charge in [-0.2, -0.15) is 0 Å². The Kier molecular flexibility index (Phi) is 12.1. The van der Waals surface area contributed by atoms with Gasteiger partial charge in [0.2, 0.25) is 11.8 Å². The molecule has 0 aliphatic heterocycles. The number of sulfonamides is 1. The molecular weight excluding hydrogens is 649 g/mol. The highest BCUT2D eigenvalue weighted by atomic mass is 79.9. The molecule has 0 aliphatic rings. The van der Waals surface area contributed by atoms with E-state index >= 15 is 0 Å². The molecule has 0 aromatic heterocycles. The monoisotopic (exact) mass is 681 g/mol. The Bertz CT molecular complexity index is 1450. The standard InChI is InChI=1S/C30H34BrCl2N3O4S/c1-4-6-17-34-30(38)28(5-2)35(19-25-26(32)11-8-12-27(25)33)29(37)20-36(23-10-7-9-22(31)18-23)41(39,40)24-15-13-21(3)14-16-24/h7-16,18,28H,4-6,17,19-20H2,1-3H3,(H,34,38)/t28-/m0/s1. The van der Waals surface area contributed by atoms with Gasteiger partial charge >= 0.3 is 0 Å². The van der Waals surface area contributed by atoms with Crippen LogP contribution in [-0.2, 0) is 26.2 Å². The lowest BCUT2D eigenvalue weighted by Gasteiger charge is -2.33. The molecular formula is C30H34BrCl2N3O4S. The number of amides is 2. The fourth-order valence-corrected chi connectivity index (χ4v) is 6.59. The van der Waals surface area contributed by atoms with Crippen LogP contribution in [0.25, 0.3) is 0 Å². The minimum absolute atomic E-state index is 0.0425. The van der Waals surface area contributed by atoms with Gasteiger partial charge in [-0.3, -0.25) is 13.9 Å². The van der Waals surface area contributed by atoms with Gasteiger partial charge in [0.15, 0.2) is 0 Å². The van der Waals surface area contributed by atoms with Gasteiger partial charge in [0, 0.05) is 33.2 Å². The molecule has 1 atom stereocenters. The van der Waals surface area contributed by atoms with Gasteiger partial charge in [-0.15, -0.1) is 0 Å². The summed E-state index contributed by atoms with van der Waals surface area (Å²) < 4.78 is 29.6. The Morgan fingerprint density at radius 3 is 2.20 bits per heavy atom. The average Bonchev–Trinajstić information content (AvgIpc) is 2.93. The first-order valence-corrected chi connectivity index (χ1v) is 16.3. The third-order valence-corrected chi connectivity index (χ3v) is 9.58. The Morgan fingerprint density at radius 2 is 1.61 bits per heavy atom. The molecule has 0 heterocycles. The molecule has 0 spiro atoms. The molecule has 0 fully saturated rings. The summed E-state index contributed by atoms with van der Waals surface area (Å²) >= 11 is 16.3. The summed E-state index contributed by atoms with van der Waals surface area (Å²) in [7, 11) is -4.16. The van der Waals surface area contributed by atoms with E-state index in [1.807, 2.05) is 13.8 Å². The average molecular weight is 683 g/mol. The van der Waals surface area contributed by atoms with Crippen molar-refractivity contribution in [1.82, 2.24) is 10.2 Å². The summed E-state index contributed by atoms with van der Waals surface area (Å²) in [6.45, 7) is 5.52. The molecule has 3 aromatic carbocycles. The third kappa shape index (κ3) is 8.47. The van der Waals surface area contributed by atoms with Crippen molar-refractivity contribution in [3.05, 3.63) is 92.4 Å². The lowest BCUT2D eigenvalue weighted by Crippen LogP contribution is -2.52. The van der Waals surface area contributed by atoms with Crippen LogP contribution in [0.3, 0.4) is 0 Å². The van der Waals surface area contributed by atoms with Crippen LogP contribution < -0.4 is 9.62 Å². The normalized spacial score (nSPS) is 12.0. The van der Waals surface area contributed by atoms with Crippen LogP contribution in [0, 0.1) is 6.92 Å². The van der Waals surface area contributed by atoms with Gasteiger partial charge in [0.1, 0.15) is 12.6 Å². The van der Waals surface area contributed by atoms with Gasteiger partial charge in [-0.25, -0.2) is 8.42 Å². The molecule has 3 rings (SSSR count). The smallest absolute Gasteiger partial charge is 0.264 e. The number of hydrogen-bond acceptors (Lipinski definition) is 4. The fourth-order valence-electron chi connectivity index (χ4n) is 4.28. The van der Waals surface area contributed by atoms with Gasteiger partial charge in [0.25, 0.3) is 10.0 Å². The number of aryl methyl sites for hydroxylation is 1. The molecule has 1 N–H and O–H groups in total. The first-order chi connectivity index (χ1) is 19.5. The second-order valence-corrected chi connectivity index (χ2v) is 13.2. The number of nitrogens with zero attached hydrogens (tertiary/aromatic N) is 2. The van der Waals surface area contributed by atoms with Crippen LogP contribution in [0.5, 0.6) is 0 Å². The van der Waals surface area contributed by atoms with E-state index in [1.165, 1.54) is 17.0 Å². The van der Waals surface area contributed by atoms with E-state index in [4.69, 9.17) is 23.2 Å². The van der Waals surface area contributed by atoms with Crippen molar-refractivity contribution in [2.75, 3.05) is 17.4 Å². The number of benzene rings is 3. The highest BCUT2D eigenvalue weighted by Crippen LogP contribution is 2.29.